The number of ether oxygens (including phenoxy) is 3. The average Bonchev–Trinajstić information content (AvgIpc) is 3.25. The van der Waals surface area contributed by atoms with Gasteiger partial charge in [0.05, 0.1) is 6.61 Å². The molecule has 0 spiro atoms. The van der Waals surface area contributed by atoms with Gasteiger partial charge in [-0.05, 0) is 70.6 Å². The van der Waals surface area contributed by atoms with Crippen LogP contribution in [0.1, 0.15) is 290 Å². The van der Waals surface area contributed by atoms with Crippen molar-refractivity contribution in [1.29, 1.82) is 0 Å². The third-order valence-electron chi connectivity index (χ3n) is 12.0. The van der Waals surface area contributed by atoms with Crippen molar-refractivity contribution in [2.24, 2.45) is 0 Å². The first kappa shape index (κ1) is 58.4. The lowest BCUT2D eigenvalue weighted by Crippen LogP contribution is -2.30. The van der Waals surface area contributed by atoms with E-state index >= 15 is 0 Å². The van der Waals surface area contributed by atoms with Gasteiger partial charge in [-0.15, -0.1) is 0 Å². The number of unbranched alkanes of at least 4 members (excludes halogenated alkanes) is 35. The molecule has 0 aliphatic rings. The van der Waals surface area contributed by atoms with Crippen molar-refractivity contribution in [3.8, 4) is 0 Å². The van der Waals surface area contributed by atoms with Crippen LogP contribution in [0.5, 0.6) is 0 Å². The number of rotatable bonds is 50. The summed E-state index contributed by atoms with van der Waals surface area (Å²) in [5.41, 5.74) is 0. The molecule has 0 aromatic carbocycles. The van der Waals surface area contributed by atoms with E-state index in [-0.39, 0.29) is 18.5 Å². The van der Waals surface area contributed by atoms with Crippen LogP contribution in [0.4, 0.5) is 0 Å². The second-order valence-electron chi connectivity index (χ2n) is 18.1. The fraction of sp³-hybridized carbons (Fsp3) is 0.891. The van der Waals surface area contributed by atoms with Crippen LogP contribution in [0.15, 0.2) is 24.3 Å². The molecule has 5 heteroatoms. The Morgan fingerprint density at radius 2 is 0.650 bits per heavy atom. The van der Waals surface area contributed by atoms with E-state index in [1.165, 1.54) is 212 Å². The Hall–Kier alpha value is -1.62. The fourth-order valence-corrected chi connectivity index (χ4v) is 7.91. The molecule has 0 rings (SSSR count). The smallest absolute Gasteiger partial charge is 0.306 e. The zero-order chi connectivity index (χ0) is 43.5. The maximum Gasteiger partial charge on any atom is 0.306 e. The van der Waals surface area contributed by atoms with Gasteiger partial charge < -0.3 is 14.2 Å². The topological polar surface area (TPSA) is 61.8 Å². The van der Waals surface area contributed by atoms with E-state index in [2.05, 4.69) is 45.1 Å². The average molecular weight is 845 g/mol. The van der Waals surface area contributed by atoms with Gasteiger partial charge in [0.25, 0.3) is 0 Å². The van der Waals surface area contributed by atoms with E-state index < -0.39 is 6.10 Å². The highest BCUT2D eigenvalue weighted by molar-refractivity contribution is 5.70. The normalized spacial score (nSPS) is 12.2. The van der Waals surface area contributed by atoms with Gasteiger partial charge in [-0.2, -0.15) is 0 Å². The third-order valence-corrected chi connectivity index (χ3v) is 12.0. The molecule has 0 saturated carbocycles. The highest BCUT2D eigenvalue weighted by Gasteiger charge is 2.17. The van der Waals surface area contributed by atoms with Crippen molar-refractivity contribution in [2.45, 2.75) is 297 Å². The Morgan fingerprint density at radius 1 is 0.350 bits per heavy atom. The number of hydrogen-bond donors (Lipinski definition) is 0. The molecule has 0 amide bonds. The summed E-state index contributed by atoms with van der Waals surface area (Å²) >= 11 is 0. The van der Waals surface area contributed by atoms with Gasteiger partial charge in [0.1, 0.15) is 6.61 Å². The molecule has 1 atom stereocenters. The van der Waals surface area contributed by atoms with Crippen molar-refractivity contribution in [3.05, 3.63) is 24.3 Å². The zero-order valence-electron chi connectivity index (χ0n) is 40.7. The molecule has 0 aliphatic heterocycles. The van der Waals surface area contributed by atoms with E-state index in [0.717, 1.165) is 44.9 Å². The highest BCUT2D eigenvalue weighted by Crippen LogP contribution is 2.16. The molecular formula is C55H104O5. The summed E-state index contributed by atoms with van der Waals surface area (Å²) in [6.45, 7) is 7.84. The molecule has 0 fully saturated rings. The van der Waals surface area contributed by atoms with Crippen LogP contribution in [0.3, 0.4) is 0 Å². The van der Waals surface area contributed by atoms with Crippen LogP contribution < -0.4 is 0 Å². The molecule has 0 heterocycles. The predicted octanol–water partition coefficient (Wildman–Crippen LogP) is 18.0. The Kier molecular flexibility index (Phi) is 50.3. The van der Waals surface area contributed by atoms with Crippen molar-refractivity contribution in [1.82, 2.24) is 0 Å². The van der Waals surface area contributed by atoms with Crippen LogP contribution >= 0.6 is 0 Å². The summed E-state index contributed by atoms with van der Waals surface area (Å²) < 4.78 is 17.4. The van der Waals surface area contributed by atoms with Crippen LogP contribution in [-0.2, 0) is 23.8 Å². The molecule has 60 heavy (non-hydrogen) atoms. The Morgan fingerprint density at radius 3 is 1.03 bits per heavy atom. The monoisotopic (exact) mass is 845 g/mol. The standard InChI is InChI=1S/C55H104O5/c1-4-7-10-13-16-19-22-25-27-29-32-35-38-41-44-47-50-58-51-53(60-55(57)49-46-43-40-37-34-30-24-21-18-15-12-9-6-3)52-59-54(56)48-45-42-39-36-33-31-28-26-23-20-17-14-11-8-5-2/h20-21,23-24,53H,4-19,22,25-52H2,1-3H3/b23-20-,24-21-/t53-/m1/s1. The lowest BCUT2D eigenvalue weighted by molar-refractivity contribution is -0.163. The minimum absolute atomic E-state index is 0.0862. The van der Waals surface area contributed by atoms with E-state index in [0.29, 0.717) is 26.1 Å². The van der Waals surface area contributed by atoms with Crippen LogP contribution in [0, 0.1) is 0 Å². The molecule has 0 aromatic heterocycles. The number of esters is 2. The fourth-order valence-electron chi connectivity index (χ4n) is 7.91. The van der Waals surface area contributed by atoms with E-state index in [1.54, 1.807) is 0 Å². The SMILES string of the molecule is CCCCCC/C=C\CCCCCCCCCC(=O)OC[C@@H](COCCCCCCCCCCCCCCCCCC)OC(=O)CCCCCCC/C=C\CCCCCC. The summed E-state index contributed by atoms with van der Waals surface area (Å²) in [5.74, 6) is -0.395. The van der Waals surface area contributed by atoms with Gasteiger partial charge in [0, 0.05) is 19.4 Å². The largest absolute Gasteiger partial charge is 0.462 e. The number of carbonyl (C=O) groups is 2. The third kappa shape index (κ3) is 49.0. The zero-order valence-corrected chi connectivity index (χ0v) is 40.7. The molecule has 0 radical (unpaired) electrons. The lowest BCUT2D eigenvalue weighted by atomic mass is 10.0. The summed E-state index contributed by atoms with van der Waals surface area (Å²) in [7, 11) is 0. The minimum atomic E-state index is -0.535. The predicted molar refractivity (Wildman–Crippen MR) is 261 cm³/mol. The second-order valence-corrected chi connectivity index (χ2v) is 18.1. The summed E-state index contributed by atoms with van der Waals surface area (Å²) in [5, 5.41) is 0. The molecule has 0 aromatic rings. The number of carbonyl (C=O) groups excluding carboxylic acids is 2. The first-order valence-corrected chi connectivity index (χ1v) is 26.9. The Balaban J connectivity index is 4.23. The summed E-state index contributed by atoms with van der Waals surface area (Å²) in [6, 6.07) is 0. The first-order valence-electron chi connectivity index (χ1n) is 26.9. The van der Waals surface area contributed by atoms with Gasteiger partial charge in [0.2, 0.25) is 0 Å². The summed E-state index contributed by atoms with van der Waals surface area (Å²) in [4.78, 5) is 25.4. The Bertz CT molecular complexity index is 913. The number of hydrogen-bond acceptors (Lipinski definition) is 5. The minimum Gasteiger partial charge on any atom is -0.462 e. The van der Waals surface area contributed by atoms with Gasteiger partial charge in [-0.1, -0.05) is 231 Å². The van der Waals surface area contributed by atoms with Gasteiger partial charge in [-0.25, -0.2) is 0 Å². The molecule has 354 valence electrons. The van der Waals surface area contributed by atoms with Crippen molar-refractivity contribution < 1.29 is 23.8 Å². The highest BCUT2D eigenvalue weighted by atomic mass is 16.6. The number of allylic oxidation sites excluding steroid dienone is 4. The van der Waals surface area contributed by atoms with E-state index in [4.69, 9.17) is 14.2 Å². The van der Waals surface area contributed by atoms with Crippen molar-refractivity contribution in [2.75, 3.05) is 19.8 Å². The molecule has 0 saturated heterocycles. The molecule has 0 unspecified atom stereocenters. The van der Waals surface area contributed by atoms with Crippen LogP contribution in [-0.4, -0.2) is 37.9 Å². The molecule has 0 aliphatic carbocycles. The van der Waals surface area contributed by atoms with E-state index in [9.17, 15) is 9.59 Å². The second kappa shape index (κ2) is 51.7. The van der Waals surface area contributed by atoms with E-state index in [1.807, 2.05) is 0 Å². The Labute approximate surface area is 375 Å². The van der Waals surface area contributed by atoms with Gasteiger partial charge in [-0.3, -0.25) is 9.59 Å². The molecule has 5 nitrogen and oxygen atoms in total. The quantitative estimate of drug-likeness (QED) is 0.0347. The van der Waals surface area contributed by atoms with Gasteiger partial charge in [0.15, 0.2) is 6.10 Å². The summed E-state index contributed by atoms with van der Waals surface area (Å²) in [6.07, 6.45) is 60.4. The van der Waals surface area contributed by atoms with Crippen LogP contribution in [0.2, 0.25) is 0 Å². The first-order chi connectivity index (χ1) is 29.6. The molecule has 0 N–H and O–H groups in total. The molecular weight excluding hydrogens is 741 g/mol. The van der Waals surface area contributed by atoms with Gasteiger partial charge >= 0.3 is 11.9 Å². The lowest BCUT2D eigenvalue weighted by Gasteiger charge is -2.18. The molecule has 0 bridgehead atoms. The van der Waals surface area contributed by atoms with Crippen LogP contribution in [0.25, 0.3) is 0 Å². The van der Waals surface area contributed by atoms with Crippen molar-refractivity contribution >= 4 is 11.9 Å². The maximum atomic E-state index is 12.8. The maximum absolute atomic E-state index is 12.8. The van der Waals surface area contributed by atoms with Crippen molar-refractivity contribution in [3.63, 3.8) is 0 Å².